The van der Waals surface area contributed by atoms with Crippen molar-refractivity contribution in [3.8, 4) is 0 Å². The van der Waals surface area contributed by atoms with Gasteiger partial charge in [-0.05, 0) is 48.0 Å². The van der Waals surface area contributed by atoms with E-state index in [-0.39, 0.29) is 18.7 Å². The average molecular weight is 395 g/mol. The fourth-order valence-corrected chi connectivity index (χ4v) is 2.48. The molecule has 1 aliphatic rings. The second kappa shape index (κ2) is 7.17. The minimum absolute atomic E-state index is 0.138. The summed E-state index contributed by atoms with van der Waals surface area (Å²) in [6.45, 7) is 0.138. The van der Waals surface area contributed by atoms with E-state index in [0.717, 1.165) is 15.7 Å². The number of ether oxygens (including phenoxy) is 1. The second-order valence-electron chi connectivity index (χ2n) is 4.95. The van der Waals surface area contributed by atoms with E-state index in [2.05, 4.69) is 21.4 Å². The number of rotatable bonds is 4. The van der Waals surface area contributed by atoms with E-state index in [1.165, 1.54) is 0 Å². The normalized spacial score (nSPS) is 16.6. The summed E-state index contributed by atoms with van der Waals surface area (Å²) in [6.07, 6.45) is 1.54. The molecular formula is C17H13BrClNO3. The average Bonchev–Trinajstić information content (AvgIpc) is 3.03. The third kappa shape index (κ3) is 4.13. The zero-order chi connectivity index (χ0) is 16.2. The van der Waals surface area contributed by atoms with Gasteiger partial charge >= 0.3 is 5.97 Å². The number of halogens is 2. The van der Waals surface area contributed by atoms with E-state index in [1.54, 1.807) is 36.4 Å². The molecule has 1 aliphatic heterocycles. The molecule has 23 heavy (non-hydrogen) atoms. The predicted octanol–water partition coefficient (Wildman–Crippen LogP) is 4.20. The molecule has 0 saturated carbocycles. The summed E-state index contributed by atoms with van der Waals surface area (Å²) in [7, 11) is 0. The van der Waals surface area contributed by atoms with Gasteiger partial charge in [-0.25, -0.2) is 4.79 Å². The van der Waals surface area contributed by atoms with Crippen LogP contribution in [0.25, 0.3) is 5.70 Å². The fourth-order valence-electron chi connectivity index (χ4n) is 2.09. The van der Waals surface area contributed by atoms with Gasteiger partial charge < -0.3 is 4.74 Å². The molecule has 0 saturated heterocycles. The number of nitrogens with one attached hydrogen (secondary N) is 1. The summed E-state index contributed by atoms with van der Waals surface area (Å²) in [5, 5.41) is 0.674. The van der Waals surface area contributed by atoms with E-state index < -0.39 is 0 Å². The second-order valence-corrected chi connectivity index (χ2v) is 6.30. The lowest BCUT2D eigenvalue weighted by atomic mass is 10.1. The summed E-state index contributed by atoms with van der Waals surface area (Å²) in [6, 6.07) is 14.4. The molecule has 0 amide bonds. The summed E-state index contributed by atoms with van der Waals surface area (Å²) < 4.78 is 6.18. The lowest BCUT2D eigenvalue weighted by Crippen LogP contribution is -2.20. The van der Waals surface area contributed by atoms with Crippen molar-refractivity contribution in [3.05, 3.63) is 75.2 Å². The molecule has 118 valence electrons. The summed E-state index contributed by atoms with van der Waals surface area (Å²) in [4.78, 5) is 17.3. The fraction of sp³-hybridized carbons (Fsp3) is 0.118. The Hall–Kier alpha value is -1.82. The Balaban J connectivity index is 1.58. The van der Waals surface area contributed by atoms with Crippen LogP contribution in [-0.2, 0) is 9.57 Å². The van der Waals surface area contributed by atoms with Crippen LogP contribution in [0.3, 0.4) is 0 Å². The molecular weight excluding hydrogens is 382 g/mol. The van der Waals surface area contributed by atoms with Crippen molar-refractivity contribution in [2.45, 2.75) is 6.10 Å². The van der Waals surface area contributed by atoms with Crippen LogP contribution in [0, 0.1) is 0 Å². The van der Waals surface area contributed by atoms with Gasteiger partial charge in [-0.3, -0.25) is 10.3 Å². The summed E-state index contributed by atoms with van der Waals surface area (Å²) in [5.41, 5.74) is 5.12. The Labute approximate surface area is 147 Å². The van der Waals surface area contributed by atoms with E-state index in [1.807, 2.05) is 18.2 Å². The zero-order valence-corrected chi connectivity index (χ0v) is 14.3. The number of hydrogen-bond donors (Lipinski definition) is 1. The van der Waals surface area contributed by atoms with E-state index >= 15 is 0 Å². The maximum atomic E-state index is 12.0. The highest BCUT2D eigenvalue weighted by atomic mass is 79.9. The van der Waals surface area contributed by atoms with Gasteiger partial charge in [0.2, 0.25) is 0 Å². The van der Waals surface area contributed by atoms with Gasteiger partial charge in [0, 0.05) is 9.50 Å². The van der Waals surface area contributed by atoms with Crippen LogP contribution in [-0.4, -0.2) is 18.7 Å². The van der Waals surface area contributed by atoms with Crippen LogP contribution in [0.1, 0.15) is 15.9 Å². The van der Waals surface area contributed by atoms with Gasteiger partial charge in [0.15, 0.2) is 0 Å². The van der Waals surface area contributed by atoms with E-state index in [0.29, 0.717) is 10.6 Å². The van der Waals surface area contributed by atoms with Gasteiger partial charge in [-0.1, -0.05) is 39.7 Å². The molecule has 0 spiro atoms. The molecule has 0 fully saturated rings. The quantitative estimate of drug-likeness (QED) is 0.790. The summed E-state index contributed by atoms with van der Waals surface area (Å²) in [5.74, 6) is -0.380. The van der Waals surface area contributed by atoms with Crippen molar-refractivity contribution in [3.63, 3.8) is 0 Å². The molecule has 0 aliphatic carbocycles. The van der Waals surface area contributed by atoms with Crippen LogP contribution >= 0.6 is 27.5 Å². The molecule has 0 bridgehead atoms. The minimum Gasteiger partial charge on any atom is -0.459 e. The molecule has 0 unspecified atom stereocenters. The predicted molar refractivity (Wildman–Crippen MR) is 91.9 cm³/mol. The van der Waals surface area contributed by atoms with Gasteiger partial charge in [-0.15, -0.1) is 0 Å². The molecule has 4 nitrogen and oxygen atoms in total. The molecule has 0 aromatic heterocycles. The highest BCUT2D eigenvalue weighted by Crippen LogP contribution is 2.20. The minimum atomic E-state index is -0.380. The van der Waals surface area contributed by atoms with Gasteiger partial charge in [-0.2, -0.15) is 0 Å². The number of esters is 1. The first-order valence-electron chi connectivity index (χ1n) is 6.94. The van der Waals surface area contributed by atoms with Crippen LogP contribution in [0.4, 0.5) is 0 Å². The molecule has 2 aromatic carbocycles. The zero-order valence-electron chi connectivity index (χ0n) is 12.0. The Morgan fingerprint density at radius 2 is 1.87 bits per heavy atom. The Morgan fingerprint density at radius 3 is 2.57 bits per heavy atom. The lowest BCUT2D eigenvalue weighted by Gasteiger charge is -2.08. The number of carbonyl (C=O) groups excluding carboxylic acids is 1. The third-order valence-corrected chi connectivity index (χ3v) is 4.07. The molecule has 6 heteroatoms. The summed E-state index contributed by atoms with van der Waals surface area (Å²) >= 11 is 9.19. The van der Waals surface area contributed by atoms with Crippen molar-refractivity contribution >= 4 is 39.2 Å². The van der Waals surface area contributed by atoms with Crippen molar-refractivity contribution in [1.82, 2.24) is 5.48 Å². The highest BCUT2D eigenvalue weighted by molar-refractivity contribution is 9.10. The first-order valence-corrected chi connectivity index (χ1v) is 8.11. The van der Waals surface area contributed by atoms with Crippen LogP contribution < -0.4 is 5.48 Å². The molecule has 2 aromatic rings. The molecule has 3 rings (SSSR count). The van der Waals surface area contributed by atoms with Crippen molar-refractivity contribution in [1.29, 1.82) is 0 Å². The maximum Gasteiger partial charge on any atom is 0.338 e. The number of hydrogen-bond acceptors (Lipinski definition) is 4. The Kier molecular flexibility index (Phi) is 5.00. The first kappa shape index (κ1) is 16.1. The lowest BCUT2D eigenvalue weighted by molar-refractivity contribution is -0.00353. The van der Waals surface area contributed by atoms with Gasteiger partial charge in [0.1, 0.15) is 12.7 Å². The maximum absolute atomic E-state index is 12.0. The van der Waals surface area contributed by atoms with E-state index in [4.69, 9.17) is 21.2 Å². The molecule has 0 radical (unpaired) electrons. The van der Waals surface area contributed by atoms with Crippen molar-refractivity contribution in [2.75, 3.05) is 6.61 Å². The van der Waals surface area contributed by atoms with Crippen LogP contribution in [0.2, 0.25) is 5.02 Å². The number of benzene rings is 2. The largest absolute Gasteiger partial charge is 0.459 e. The molecule has 1 heterocycles. The number of carbonyl (C=O) groups is 1. The molecule has 1 N–H and O–H groups in total. The number of hydroxylamine groups is 1. The van der Waals surface area contributed by atoms with Gasteiger partial charge in [0.05, 0.1) is 11.3 Å². The van der Waals surface area contributed by atoms with Crippen LogP contribution in [0.15, 0.2) is 59.1 Å². The highest BCUT2D eigenvalue weighted by Gasteiger charge is 2.19. The Bertz CT molecular complexity index is 729. The topological polar surface area (TPSA) is 47.6 Å². The molecule has 1 atom stereocenters. The Morgan fingerprint density at radius 1 is 1.17 bits per heavy atom. The van der Waals surface area contributed by atoms with Gasteiger partial charge in [0.25, 0.3) is 0 Å². The smallest absolute Gasteiger partial charge is 0.338 e. The van der Waals surface area contributed by atoms with Crippen molar-refractivity contribution < 1.29 is 14.4 Å². The van der Waals surface area contributed by atoms with Crippen LogP contribution in [0.5, 0.6) is 0 Å². The van der Waals surface area contributed by atoms with Crippen molar-refractivity contribution in [2.24, 2.45) is 0 Å². The third-order valence-electron chi connectivity index (χ3n) is 3.29. The first-order chi connectivity index (χ1) is 11.1. The SMILES string of the molecule is O=C(OC[C@H]1C=C(c2ccc(Cl)cc2)NO1)c1ccc(Br)cc1. The monoisotopic (exact) mass is 393 g/mol. The standard InChI is InChI=1S/C17H13BrClNO3/c18-13-5-1-12(2-6-13)17(21)22-10-15-9-16(20-23-15)11-3-7-14(19)8-4-11/h1-9,15,20H,10H2/t15-/m1/s1. The van der Waals surface area contributed by atoms with E-state index in [9.17, 15) is 4.79 Å².